The minimum atomic E-state index is -0.512. The van der Waals surface area contributed by atoms with Gasteiger partial charge in [-0.05, 0) is 36.2 Å². The zero-order valence-corrected chi connectivity index (χ0v) is 19.0. The van der Waals surface area contributed by atoms with Crippen LogP contribution in [0.4, 0.5) is 5.82 Å². The number of para-hydroxylation sites is 2. The monoisotopic (exact) mass is 452 g/mol. The number of methoxy groups -OCH3 is 1. The van der Waals surface area contributed by atoms with Gasteiger partial charge in [0.2, 0.25) is 0 Å². The van der Waals surface area contributed by atoms with Crippen LogP contribution in [0.2, 0.25) is 5.02 Å². The predicted octanol–water partition coefficient (Wildman–Crippen LogP) is 5.41. The van der Waals surface area contributed by atoms with Crippen molar-refractivity contribution < 1.29 is 14.3 Å². The largest absolute Gasteiger partial charge is 0.495 e. The third-order valence-corrected chi connectivity index (χ3v) is 6.00. The lowest BCUT2D eigenvalue weighted by Gasteiger charge is -2.13. The van der Waals surface area contributed by atoms with E-state index in [1.165, 1.54) is 0 Å². The Labute approximate surface area is 191 Å². The van der Waals surface area contributed by atoms with Gasteiger partial charge in [-0.25, -0.2) is 14.8 Å². The summed E-state index contributed by atoms with van der Waals surface area (Å²) < 4.78 is 12.6. The van der Waals surface area contributed by atoms with Gasteiger partial charge in [0, 0.05) is 0 Å². The maximum absolute atomic E-state index is 13.1. The molecule has 0 saturated heterocycles. The third kappa shape index (κ3) is 3.84. The second-order valence-electron chi connectivity index (χ2n) is 7.58. The molecule has 4 rings (SSSR count). The van der Waals surface area contributed by atoms with Crippen molar-refractivity contribution in [2.75, 3.05) is 19.5 Å². The van der Waals surface area contributed by atoms with Crippen molar-refractivity contribution in [2.24, 2.45) is 5.92 Å². The number of carbonyl (C=O) groups excluding carboxylic acids is 1. The van der Waals surface area contributed by atoms with Gasteiger partial charge in [-0.1, -0.05) is 50.4 Å². The van der Waals surface area contributed by atoms with Crippen LogP contribution in [0.1, 0.15) is 37.0 Å². The molecule has 0 fully saturated rings. The van der Waals surface area contributed by atoms with Crippen LogP contribution in [-0.2, 0) is 4.74 Å². The van der Waals surface area contributed by atoms with E-state index in [0.29, 0.717) is 51.2 Å². The molecule has 166 valence electrons. The summed E-state index contributed by atoms with van der Waals surface area (Å²) in [4.78, 5) is 22.6. The SMILES string of the molecule is CCC(CC)COC(=O)c1c(N)n(-c2ccc(OC)c(Cl)c2)c2nc3ccccc3nc12. The first-order valence-electron chi connectivity index (χ1n) is 10.6. The van der Waals surface area contributed by atoms with E-state index in [4.69, 9.17) is 36.8 Å². The highest BCUT2D eigenvalue weighted by Crippen LogP contribution is 2.34. The van der Waals surface area contributed by atoms with Crippen molar-refractivity contribution in [3.8, 4) is 11.4 Å². The van der Waals surface area contributed by atoms with Crippen LogP contribution in [0.15, 0.2) is 42.5 Å². The molecule has 4 aromatic rings. The number of halogens is 1. The van der Waals surface area contributed by atoms with Crippen LogP contribution in [0.5, 0.6) is 5.75 Å². The third-order valence-electron chi connectivity index (χ3n) is 5.70. The lowest BCUT2D eigenvalue weighted by Crippen LogP contribution is -2.15. The van der Waals surface area contributed by atoms with Crippen LogP contribution in [0.3, 0.4) is 0 Å². The molecule has 0 amide bonds. The van der Waals surface area contributed by atoms with E-state index >= 15 is 0 Å². The van der Waals surface area contributed by atoms with Crippen molar-refractivity contribution >= 4 is 45.6 Å². The van der Waals surface area contributed by atoms with Crippen LogP contribution in [0, 0.1) is 5.92 Å². The first kappa shape index (κ1) is 21.9. The molecule has 0 saturated carbocycles. The zero-order chi connectivity index (χ0) is 22.8. The smallest absolute Gasteiger partial charge is 0.344 e. The number of carbonyl (C=O) groups is 1. The van der Waals surface area contributed by atoms with E-state index in [0.717, 1.165) is 12.8 Å². The molecule has 0 aliphatic heterocycles. The number of nitrogens with zero attached hydrogens (tertiary/aromatic N) is 3. The number of benzene rings is 2. The molecule has 2 heterocycles. The fraction of sp³-hybridized carbons (Fsp3) is 0.292. The number of rotatable bonds is 7. The molecule has 8 heteroatoms. The van der Waals surface area contributed by atoms with E-state index in [9.17, 15) is 4.79 Å². The minimum absolute atomic E-state index is 0.200. The fourth-order valence-corrected chi connectivity index (χ4v) is 3.96. The number of hydrogen-bond donors (Lipinski definition) is 1. The van der Waals surface area contributed by atoms with E-state index in [1.807, 2.05) is 24.3 Å². The first-order valence-corrected chi connectivity index (χ1v) is 10.9. The zero-order valence-electron chi connectivity index (χ0n) is 18.3. The molecule has 0 atom stereocenters. The molecule has 2 N–H and O–H groups in total. The molecule has 7 nitrogen and oxygen atoms in total. The molecular weight excluding hydrogens is 428 g/mol. The summed E-state index contributed by atoms with van der Waals surface area (Å²) >= 11 is 6.36. The standard InChI is InChI=1S/C24H25ClN4O3/c1-4-14(5-2)13-32-24(30)20-21-23(28-18-9-7-6-8-17(18)27-21)29(22(20)26)15-10-11-19(31-3)16(25)12-15/h6-12,14H,4-5,13,26H2,1-3H3. The van der Waals surface area contributed by atoms with Crippen molar-refractivity contribution in [1.29, 1.82) is 0 Å². The fourth-order valence-electron chi connectivity index (χ4n) is 3.71. The summed E-state index contributed by atoms with van der Waals surface area (Å²) in [5.74, 6) is 0.515. The summed E-state index contributed by atoms with van der Waals surface area (Å²) in [5.41, 5.74) is 9.56. The number of nitrogen functional groups attached to an aromatic ring is 1. The Hall–Kier alpha value is -3.32. The summed E-state index contributed by atoms with van der Waals surface area (Å²) in [6.07, 6.45) is 1.85. The molecule has 0 spiro atoms. The number of hydrogen-bond acceptors (Lipinski definition) is 6. The van der Waals surface area contributed by atoms with Gasteiger partial charge in [-0.2, -0.15) is 0 Å². The molecular formula is C24H25ClN4O3. The number of fused-ring (bicyclic) bond motifs is 2. The predicted molar refractivity (Wildman–Crippen MR) is 127 cm³/mol. The summed E-state index contributed by atoms with van der Waals surface area (Å²) in [6, 6.07) is 12.7. The summed E-state index contributed by atoms with van der Waals surface area (Å²) in [7, 11) is 1.55. The van der Waals surface area contributed by atoms with Gasteiger partial charge in [0.05, 0.1) is 35.5 Å². The van der Waals surface area contributed by atoms with E-state index in [1.54, 1.807) is 29.9 Å². The number of anilines is 1. The van der Waals surface area contributed by atoms with Gasteiger partial charge < -0.3 is 15.2 Å². The number of aromatic nitrogens is 3. The molecule has 32 heavy (non-hydrogen) atoms. The number of esters is 1. The van der Waals surface area contributed by atoms with Gasteiger partial charge in [-0.15, -0.1) is 0 Å². The summed E-state index contributed by atoms with van der Waals surface area (Å²) in [6.45, 7) is 4.48. The van der Waals surface area contributed by atoms with Crippen molar-refractivity contribution in [3.63, 3.8) is 0 Å². The van der Waals surface area contributed by atoms with Gasteiger partial charge in [0.1, 0.15) is 22.6 Å². The molecule has 2 aromatic heterocycles. The molecule has 0 aliphatic rings. The van der Waals surface area contributed by atoms with E-state index < -0.39 is 5.97 Å². The Kier molecular flexibility index (Phi) is 6.19. The average molecular weight is 453 g/mol. The molecule has 2 aromatic carbocycles. The Morgan fingerprint density at radius 1 is 1.12 bits per heavy atom. The minimum Gasteiger partial charge on any atom is -0.495 e. The van der Waals surface area contributed by atoms with Crippen molar-refractivity contribution in [2.45, 2.75) is 26.7 Å². The van der Waals surface area contributed by atoms with E-state index in [-0.39, 0.29) is 11.4 Å². The Bertz CT molecular complexity index is 1300. The summed E-state index contributed by atoms with van der Waals surface area (Å²) in [5, 5.41) is 0.415. The van der Waals surface area contributed by atoms with Crippen LogP contribution in [0.25, 0.3) is 27.9 Å². The van der Waals surface area contributed by atoms with Crippen LogP contribution >= 0.6 is 11.6 Å². The first-order chi connectivity index (χ1) is 15.5. The number of nitrogens with two attached hydrogens (primary N) is 1. The van der Waals surface area contributed by atoms with Crippen LogP contribution in [-0.4, -0.2) is 34.2 Å². The molecule has 0 aliphatic carbocycles. The van der Waals surface area contributed by atoms with Gasteiger partial charge >= 0.3 is 5.97 Å². The quantitative estimate of drug-likeness (QED) is 0.377. The maximum Gasteiger partial charge on any atom is 0.344 e. The van der Waals surface area contributed by atoms with E-state index in [2.05, 4.69) is 13.8 Å². The topological polar surface area (TPSA) is 92.3 Å². The Balaban J connectivity index is 1.91. The highest BCUT2D eigenvalue weighted by atomic mass is 35.5. The highest BCUT2D eigenvalue weighted by molar-refractivity contribution is 6.32. The number of ether oxygens (including phenoxy) is 2. The normalized spacial score (nSPS) is 11.4. The second kappa shape index (κ2) is 9.04. The second-order valence-corrected chi connectivity index (χ2v) is 7.99. The van der Waals surface area contributed by atoms with Gasteiger partial charge in [0.25, 0.3) is 0 Å². The lowest BCUT2D eigenvalue weighted by atomic mass is 10.1. The van der Waals surface area contributed by atoms with Crippen LogP contribution < -0.4 is 10.5 Å². The maximum atomic E-state index is 13.1. The molecule has 0 bridgehead atoms. The lowest BCUT2D eigenvalue weighted by molar-refractivity contribution is 0.0436. The molecule has 0 unspecified atom stereocenters. The Morgan fingerprint density at radius 2 is 1.81 bits per heavy atom. The highest BCUT2D eigenvalue weighted by Gasteiger charge is 2.26. The van der Waals surface area contributed by atoms with Crippen molar-refractivity contribution in [3.05, 3.63) is 53.1 Å². The average Bonchev–Trinajstić information content (AvgIpc) is 3.08. The van der Waals surface area contributed by atoms with Gasteiger partial charge in [0.15, 0.2) is 5.65 Å². The molecule has 0 radical (unpaired) electrons. The van der Waals surface area contributed by atoms with Gasteiger partial charge in [-0.3, -0.25) is 4.57 Å². The van der Waals surface area contributed by atoms with Crippen molar-refractivity contribution in [1.82, 2.24) is 14.5 Å². The Morgan fingerprint density at radius 3 is 2.44 bits per heavy atom.